The fourth-order valence-corrected chi connectivity index (χ4v) is 4.58. The Morgan fingerprint density at radius 3 is 2.63 bits per heavy atom. The van der Waals surface area contributed by atoms with Gasteiger partial charge >= 0.3 is 0 Å². The lowest BCUT2D eigenvalue weighted by atomic mass is 9.55. The number of carbonyl (C=O) groups excluding carboxylic acids is 1. The van der Waals surface area contributed by atoms with E-state index in [1.54, 1.807) is 18.2 Å². The van der Waals surface area contributed by atoms with Crippen molar-refractivity contribution in [1.82, 2.24) is 4.98 Å². The topological polar surface area (TPSA) is 108 Å². The quantitative estimate of drug-likeness (QED) is 0.732. The molecule has 3 aliphatic rings. The molecule has 4 heterocycles. The van der Waals surface area contributed by atoms with E-state index in [1.807, 2.05) is 13.8 Å². The molecule has 1 amide bonds. The maximum absolute atomic E-state index is 13.4. The van der Waals surface area contributed by atoms with Crippen LogP contribution in [0.4, 0.5) is 10.1 Å². The number of anilines is 1. The van der Waals surface area contributed by atoms with E-state index in [-0.39, 0.29) is 18.3 Å². The molecular weight excluding hydrogens is 391 g/mol. The molecule has 0 bridgehead atoms. The molecule has 30 heavy (non-hydrogen) atoms. The molecule has 8 nitrogen and oxygen atoms in total. The normalized spacial score (nSPS) is 25.0. The second-order valence-corrected chi connectivity index (χ2v) is 8.30. The van der Waals surface area contributed by atoms with E-state index in [1.165, 1.54) is 18.2 Å². The largest absolute Gasteiger partial charge is 0.487 e. The molecule has 0 radical (unpaired) electrons. The summed E-state index contributed by atoms with van der Waals surface area (Å²) in [6.45, 7) is 5.17. The highest BCUT2D eigenvalue weighted by atomic mass is 19.1. The number of fused-ring (bicyclic) bond motifs is 3. The van der Waals surface area contributed by atoms with Crippen molar-refractivity contribution in [3.8, 4) is 5.75 Å². The van der Waals surface area contributed by atoms with Gasteiger partial charge in [0.05, 0.1) is 18.6 Å². The number of nitrogens with two attached hydrogens (primary N) is 1. The average molecular weight is 412 g/mol. The smallest absolute Gasteiger partial charge is 0.283 e. The fourth-order valence-electron chi connectivity index (χ4n) is 4.58. The van der Waals surface area contributed by atoms with Crippen molar-refractivity contribution in [3.05, 3.63) is 53.6 Å². The van der Waals surface area contributed by atoms with Gasteiger partial charge in [0.1, 0.15) is 29.2 Å². The summed E-state index contributed by atoms with van der Waals surface area (Å²) >= 11 is 0. The van der Waals surface area contributed by atoms with Gasteiger partial charge in [-0.25, -0.2) is 9.98 Å². The summed E-state index contributed by atoms with van der Waals surface area (Å²) in [5, 5.41) is 2.76. The highest BCUT2D eigenvalue weighted by molar-refractivity contribution is 6.03. The summed E-state index contributed by atoms with van der Waals surface area (Å²) in [5.41, 5.74) is 5.32. The summed E-state index contributed by atoms with van der Waals surface area (Å²) in [6.07, 6.45) is 0. The zero-order chi connectivity index (χ0) is 21.1. The lowest BCUT2D eigenvalue weighted by Gasteiger charge is -2.61. The third-order valence-electron chi connectivity index (χ3n) is 6.37. The second kappa shape index (κ2) is 6.15. The third kappa shape index (κ3) is 2.44. The summed E-state index contributed by atoms with van der Waals surface area (Å²) in [5.74, 6) is -0.600. The number of benzene rings is 1. The van der Waals surface area contributed by atoms with Crippen LogP contribution < -0.4 is 15.8 Å². The summed E-state index contributed by atoms with van der Waals surface area (Å²) in [7, 11) is 0. The molecule has 1 atom stereocenters. The SMILES string of the molecule is CC1(C)Oc2ccc(NC(=O)c3cccc(F)n3)cc2C2(COC(N)=N2)C12COC2. The Kier molecular flexibility index (Phi) is 3.85. The van der Waals surface area contributed by atoms with Crippen LogP contribution in [0, 0.1) is 11.4 Å². The van der Waals surface area contributed by atoms with Gasteiger partial charge in [0.15, 0.2) is 0 Å². The molecule has 5 rings (SSSR count). The monoisotopic (exact) mass is 412 g/mol. The molecule has 1 aromatic heterocycles. The molecule has 1 saturated heterocycles. The first kappa shape index (κ1) is 18.8. The van der Waals surface area contributed by atoms with Crippen LogP contribution in [-0.4, -0.2) is 42.3 Å². The maximum atomic E-state index is 13.4. The van der Waals surface area contributed by atoms with Gasteiger partial charge in [0, 0.05) is 11.3 Å². The van der Waals surface area contributed by atoms with Crippen LogP contribution >= 0.6 is 0 Å². The van der Waals surface area contributed by atoms with Crippen LogP contribution in [0.1, 0.15) is 29.9 Å². The standard InChI is InChI=1S/C21H21FN4O4/c1-19(2)20(9-28-10-20)21(11-29-18(23)26-21)13-8-12(6-7-15(13)30-19)24-17(27)14-4-3-5-16(22)25-14/h3-8H,9-11H2,1-2H3,(H2,23,26)(H,24,27). The maximum Gasteiger partial charge on any atom is 0.283 e. The molecule has 1 unspecified atom stereocenters. The Labute approximate surface area is 172 Å². The van der Waals surface area contributed by atoms with Crippen LogP contribution in [0.3, 0.4) is 0 Å². The molecule has 2 aromatic rings. The molecule has 156 valence electrons. The zero-order valence-corrected chi connectivity index (χ0v) is 16.6. The Morgan fingerprint density at radius 2 is 2.00 bits per heavy atom. The minimum Gasteiger partial charge on any atom is -0.487 e. The third-order valence-corrected chi connectivity index (χ3v) is 6.37. The van der Waals surface area contributed by atoms with Gasteiger partial charge in [-0.05, 0) is 44.2 Å². The first-order chi connectivity index (χ1) is 14.3. The molecule has 9 heteroatoms. The van der Waals surface area contributed by atoms with E-state index in [0.717, 1.165) is 5.56 Å². The number of ether oxygens (including phenoxy) is 3. The summed E-state index contributed by atoms with van der Waals surface area (Å²) in [4.78, 5) is 20.9. The van der Waals surface area contributed by atoms with E-state index in [4.69, 9.17) is 24.9 Å². The lowest BCUT2D eigenvalue weighted by molar-refractivity contribution is -0.247. The van der Waals surface area contributed by atoms with Gasteiger partial charge in [-0.2, -0.15) is 4.39 Å². The van der Waals surface area contributed by atoms with E-state index >= 15 is 0 Å². The van der Waals surface area contributed by atoms with E-state index in [9.17, 15) is 9.18 Å². The molecule has 2 spiro atoms. The Morgan fingerprint density at radius 1 is 1.20 bits per heavy atom. The summed E-state index contributed by atoms with van der Waals surface area (Å²) in [6, 6.07) is 9.47. The number of rotatable bonds is 2. The number of hydrogen-bond acceptors (Lipinski definition) is 7. The Hall–Kier alpha value is -3.20. The minimum absolute atomic E-state index is 0.0184. The van der Waals surface area contributed by atoms with Gasteiger partial charge in [-0.3, -0.25) is 4.79 Å². The van der Waals surface area contributed by atoms with Crippen molar-refractivity contribution in [1.29, 1.82) is 0 Å². The van der Waals surface area contributed by atoms with Gasteiger partial charge in [0.2, 0.25) is 5.95 Å². The number of amides is 1. The number of halogens is 1. The number of pyridine rings is 1. The van der Waals surface area contributed by atoms with Crippen molar-refractivity contribution in [3.63, 3.8) is 0 Å². The number of carbonyl (C=O) groups is 1. The molecule has 1 aromatic carbocycles. The van der Waals surface area contributed by atoms with Gasteiger partial charge in [-0.15, -0.1) is 0 Å². The first-order valence-electron chi connectivity index (χ1n) is 9.60. The highest BCUT2D eigenvalue weighted by Crippen LogP contribution is 2.62. The molecule has 3 N–H and O–H groups in total. The van der Waals surface area contributed by atoms with Crippen LogP contribution in [0.25, 0.3) is 0 Å². The average Bonchev–Trinajstić information content (AvgIpc) is 3.03. The predicted octanol–water partition coefficient (Wildman–Crippen LogP) is 2.20. The van der Waals surface area contributed by atoms with E-state index in [0.29, 0.717) is 24.7 Å². The Bertz CT molecular complexity index is 1080. The van der Waals surface area contributed by atoms with Crippen molar-refractivity contribution in [2.45, 2.75) is 25.0 Å². The van der Waals surface area contributed by atoms with Gasteiger partial charge in [-0.1, -0.05) is 6.07 Å². The molecule has 3 aliphatic heterocycles. The van der Waals surface area contributed by atoms with E-state index < -0.39 is 28.4 Å². The fraction of sp³-hybridized carbons (Fsp3) is 0.381. The Balaban J connectivity index is 1.57. The minimum atomic E-state index is -0.801. The van der Waals surface area contributed by atoms with Crippen LogP contribution in [0.5, 0.6) is 5.75 Å². The summed E-state index contributed by atoms with van der Waals surface area (Å²) < 4.78 is 30.9. The number of hydrogen-bond donors (Lipinski definition) is 2. The number of nitrogens with zero attached hydrogens (tertiary/aromatic N) is 2. The number of aliphatic imine (C=N–C) groups is 1. The van der Waals surface area contributed by atoms with Crippen LogP contribution in [0.2, 0.25) is 0 Å². The molecular formula is C21H21FN4O4. The second-order valence-electron chi connectivity index (χ2n) is 8.30. The molecule has 0 saturated carbocycles. The van der Waals surface area contributed by atoms with Crippen molar-refractivity contribution in [2.75, 3.05) is 25.1 Å². The van der Waals surface area contributed by atoms with E-state index in [2.05, 4.69) is 10.3 Å². The highest BCUT2D eigenvalue weighted by Gasteiger charge is 2.71. The van der Waals surface area contributed by atoms with Crippen molar-refractivity contribution in [2.24, 2.45) is 16.1 Å². The zero-order valence-electron chi connectivity index (χ0n) is 16.6. The number of amidine groups is 1. The number of nitrogens with one attached hydrogen (secondary N) is 1. The molecule has 0 aliphatic carbocycles. The van der Waals surface area contributed by atoms with Crippen LogP contribution in [-0.2, 0) is 15.0 Å². The van der Waals surface area contributed by atoms with Crippen LogP contribution in [0.15, 0.2) is 41.4 Å². The van der Waals surface area contributed by atoms with Gasteiger partial charge < -0.3 is 25.3 Å². The van der Waals surface area contributed by atoms with Crippen molar-refractivity contribution < 1.29 is 23.4 Å². The van der Waals surface area contributed by atoms with Gasteiger partial charge in [0.25, 0.3) is 11.9 Å². The van der Waals surface area contributed by atoms with Crippen molar-refractivity contribution >= 4 is 17.6 Å². The molecule has 1 fully saturated rings. The predicted molar refractivity (Wildman–Crippen MR) is 106 cm³/mol. The lowest BCUT2D eigenvalue weighted by Crippen LogP contribution is -2.71. The number of aromatic nitrogens is 1. The first-order valence-corrected chi connectivity index (χ1v) is 9.60.